The molecule has 1 aliphatic carbocycles. The first kappa shape index (κ1) is 12.9. The predicted molar refractivity (Wildman–Crippen MR) is 70.1 cm³/mol. The third-order valence-corrected chi connectivity index (χ3v) is 3.11. The van der Waals surface area contributed by atoms with E-state index < -0.39 is 0 Å². The van der Waals surface area contributed by atoms with E-state index in [1.807, 2.05) is 30.3 Å². The molecule has 0 spiro atoms. The Balaban J connectivity index is 1.87. The van der Waals surface area contributed by atoms with Crippen molar-refractivity contribution < 1.29 is 9.90 Å². The largest absolute Gasteiger partial charge is 0.395 e. The van der Waals surface area contributed by atoms with Gasteiger partial charge in [0.25, 0.3) is 0 Å². The zero-order chi connectivity index (χ0) is 12.8. The number of aliphatic hydroxyl groups excluding tert-OH is 1. The van der Waals surface area contributed by atoms with Gasteiger partial charge < -0.3 is 15.3 Å². The van der Waals surface area contributed by atoms with Gasteiger partial charge in [0.2, 0.25) is 0 Å². The summed E-state index contributed by atoms with van der Waals surface area (Å²) in [5.74, 6) is 0.668. The van der Waals surface area contributed by atoms with Crippen molar-refractivity contribution in [2.45, 2.75) is 19.4 Å². The lowest BCUT2D eigenvalue weighted by atomic mass is 10.2. The Labute approximate surface area is 108 Å². The van der Waals surface area contributed by atoms with Crippen LogP contribution in [-0.2, 0) is 6.54 Å². The molecule has 0 bridgehead atoms. The number of aliphatic hydroxyl groups is 1. The molecule has 2 N–H and O–H groups in total. The fourth-order valence-corrected chi connectivity index (χ4v) is 1.84. The van der Waals surface area contributed by atoms with Gasteiger partial charge in [-0.25, -0.2) is 4.79 Å². The van der Waals surface area contributed by atoms with Crippen LogP contribution in [0.15, 0.2) is 30.3 Å². The summed E-state index contributed by atoms with van der Waals surface area (Å²) in [7, 11) is 0. The number of rotatable bonds is 6. The highest BCUT2D eigenvalue weighted by atomic mass is 16.3. The summed E-state index contributed by atoms with van der Waals surface area (Å²) >= 11 is 0. The Bertz CT molecular complexity index is 377. The molecule has 1 aliphatic rings. The second-order valence-electron chi connectivity index (χ2n) is 4.76. The van der Waals surface area contributed by atoms with Crippen molar-refractivity contribution in [3.63, 3.8) is 0 Å². The van der Waals surface area contributed by atoms with Crippen LogP contribution in [0.2, 0.25) is 0 Å². The second-order valence-corrected chi connectivity index (χ2v) is 4.76. The van der Waals surface area contributed by atoms with Gasteiger partial charge in [0, 0.05) is 19.6 Å². The van der Waals surface area contributed by atoms with E-state index in [-0.39, 0.29) is 12.6 Å². The SMILES string of the molecule is O=C(NCC1CC1)N(CCO)Cc1ccccc1. The van der Waals surface area contributed by atoms with E-state index in [4.69, 9.17) is 5.11 Å². The van der Waals surface area contributed by atoms with Crippen LogP contribution in [0, 0.1) is 5.92 Å². The van der Waals surface area contributed by atoms with Crippen LogP contribution < -0.4 is 5.32 Å². The van der Waals surface area contributed by atoms with Crippen molar-refractivity contribution in [2.75, 3.05) is 19.7 Å². The molecular weight excluding hydrogens is 228 g/mol. The lowest BCUT2D eigenvalue weighted by molar-refractivity contribution is 0.174. The fourth-order valence-electron chi connectivity index (χ4n) is 1.84. The molecule has 0 unspecified atom stereocenters. The van der Waals surface area contributed by atoms with Gasteiger partial charge in [0.05, 0.1) is 6.61 Å². The maximum Gasteiger partial charge on any atom is 0.317 e. The summed E-state index contributed by atoms with van der Waals surface area (Å²) < 4.78 is 0. The van der Waals surface area contributed by atoms with Crippen molar-refractivity contribution in [1.29, 1.82) is 0 Å². The van der Waals surface area contributed by atoms with E-state index in [2.05, 4.69) is 5.32 Å². The molecule has 98 valence electrons. The first-order valence-corrected chi connectivity index (χ1v) is 6.47. The van der Waals surface area contributed by atoms with Gasteiger partial charge in [0.15, 0.2) is 0 Å². The van der Waals surface area contributed by atoms with Crippen LogP contribution in [0.1, 0.15) is 18.4 Å². The van der Waals surface area contributed by atoms with Gasteiger partial charge in [-0.2, -0.15) is 0 Å². The van der Waals surface area contributed by atoms with E-state index in [1.165, 1.54) is 12.8 Å². The monoisotopic (exact) mass is 248 g/mol. The van der Waals surface area contributed by atoms with Crippen molar-refractivity contribution >= 4 is 6.03 Å². The molecule has 1 aromatic carbocycles. The number of benzene rings is 1. The number of urea groups is 1. The normalized spacial score (nSPS) is 14.3. The number of hydrogen-bond donors (Lipinski definition) is 2. The third kappa shape index (κ3) is 4.04. The number of nitrogens with zero attached hydrogens (tertiary/aromatic N) is 1. The molecule has 4 heteroatoms. The summed E-state index contributed by atoms with van der Waals surface area (Å²) in [4.78, 5) is 13.6. The van der Waals surface area contributed by atoms with Gasteiger partial charge >= 0.3 is 6.03 Å². The van der Waals surface area contributed by atoms with Crippen LogP contribution in [0.5, 0.6) is 0 Å². The molecule has 1 aromatic rings. The van der Waals surface area contributed by atoms with Crippen LogP contribution in [0.25, 0.3) is 0 Å². The fraction of sp³-hybridized carbons (Fsp3) is 0.500. The second kappa shape index (κ2) is 6.40. The minimum atomic E-state index is -0.0835. The summed E-state index contributed by atoms with van der Waals surface area (Å²) in [5, 5.41) is 12.0. The zero-order valence-electron chi connectivity index (χ0n) is 10.5. The molecular formula is C14H20N2O2. The van der Waals surface area contributed by atoms with Gasteiger partial charge in [-0.05, 0) is 24.3 Å². The molecule has 2 amide bonds. The van der Waals surface area contributed by atoms with E-state index in [0.29, 0.717) is 19.0 Å². The molecule has 18 heavy (non-hydrogen) atoms. The van der Waals surface area contributed by atoms with Gasteiger partial charge in [-0.15, -0.1) is 0 Å². The molecule has 0 heterocycles. The number of carbonyl (C=O) groups excluding carboxylic acids is 1. The van der Waals surface area contributed by atoms with Gasteiger partial charge in [0.1, 0.15) is 0 Å². The standard InChI is InChI=1S/C14H20N2O2/c17-9-8-16(11-13-4-2-1-3-5-13)14(18)15-10-12-6-7-12/h1-5,12,17H,6-11H2,(H,15,18). The maximum atomic E-state index is 12.0. The minimum Gasteiger partial charge on any atom is -0.395 e. The summed E-state index contributed by atoms with van der Waals surface area (Å²) in [6.45, 7) is 1.66. The lowest BCUT2D eigenvalue weighted by Gasteiger charge is -2.22. The van der Waals surface area contributed by atoms with Crippen molar-refractivity contribution in [3.05, 3.63) is 35.9 Å². The topological polar surface area (TPSA) is 52.6 Å². The van der Waals surface area contributed by atoms with Crippen molar-refractivity contribution in [3.8, 4) is 0 Å². The Morgan fingerprint density at radius 1 is 1.33 bits per heavy atom. The van der Waals surface area contributed by atoms with Gasteiger partial charge in [-0.3, -0.25) is 0 Å². The smallest absolute Gasteiger partial charge is 0.317 e. The van der Waals surface area contributed by atoms with Crippen LogP contribution in [0.3, 0.4) is 0 Å². The Morgan fingerprint density at radius 2 is 2.06 bits per heavy atom. The average Bonchev–Trinajstić information content (AvgIpc) is 3.21. The van der Waals surface area contributed by atoms with E-state index >= 15 is 0 Å². The zero-order valence-corrected chi connectivity index (χ0v) is 10.5. The molecule has 0 atom stereocenters. The number of amides is 2. The molecule has 2 rings (SSSR count). The molecule has 1 fully saturated rings. The summed E-state index contributed by atoms with van der Waals surface area (Å²) in [6, 6.07) is 9.74. The Hall–Kier alpha value is -1.55. The molecule has 0 radical (unpaired) electrons. The van der Waals surface area contributed by atoms with Gasteiger partial charge in [-0.1, -0.05) is 30.3 Å². The molecule has 0 aromatic heterocycles. The average molecular weight is 248 g/mol. The lowest BCUT2D eigenvalue weighted by Crippen LogP contribution is -2.41. The molecule has 0 saturated heterocycles. The van der Waals surface area contributed by atoms with Crippen LogP contribution >= 0.6 is 0 Å². The van der Waals surface area contributed by atoms with E-state index in [1.54, 1.807) is 4.90 Å². The Morgan fingerprint density at radius 3 is 2.67 bits per heavy atom. The first-order valence-electron chi connectivity index (χ1n) is 6.47. The van der Waals surface area contributed by atoms with Crippen LogP contribution in [-0.4, -0.2) is 35.7 Å². The highest BCUT2D eigenvalue weighted by Gasteiger charge is 2.23. The van der Waals surface area contributed by atoms with E-state index in [0.717, 1.165) is 12.1 Å². The quantitative estimate of drug-likeness (QED) is 0.803. The third-order valence-electron chi connectivity index (χ3n) is 3.11. The molecule has 1 saturated carbocycles. The highest BCUT2D eigenvalue weighted by Crippen LogP contribution is 2.27. The highest BCUT2D eigenvalue weighted by molar-refractivity contribution is 5.74. The number of hydrogen-bond acceptors (Lipinski definition) is 2. The molecule has 4 nitrogen and oxygen atoms in total. The summed E-state index contributed by atoms with van der Waals surface area (Å²) in [6.07, 6.45) is 2.44. The first-order chi connectivity index (χ1) is 8.79. The Kier molecular flexibility index (Phi) is 4.59. The molecule has 0 aliphatic heterocycles. The summed E-state index contributed by atoms with van der Waals surface area (Å²) in [5.41, 5.74) is 1.08. The number of carbonyl (C=O) groups is 1. The maximum absolute atomic E-state index is 12.0. The van der Waals surface area contributed by atoms with Crippen molar-refractivity contribution in [2.24, 2.45) is 5.92 Å². The van der Waals surface area contributed by atoms with Crippen LogP contribution in [0.4, 0.5) is 4.79 Å². The minimum absolute atomic E-state index is 0.0102. The van der Waals surface area contributed by atoms with E-state index in [9.17, 15) is 4.79 Å². The predicted octanol–water partition coefficient (Wildman–Crippen LogP) is 1.60. The number of nitrogens with one attached hydrogen (secondary N) is 1. The van der Waals surface area contributed by atoms with Crippen molar-refractivity contribution in [1.82, 2.24) is 10.2 Å².